The molecule has 4 rings (SSSR count). The molecule has 1 aromatic carbocycles. The first kappa shape index (κ1) is 18.1. The fourth-order valence-corrected chi connectivity index (χ4v) is 3.16. The van der Waals surface area contributed by atoms with Crippen molar-refractivity contribution < 1.29 is 14.3 Å². The summed E-state index contributed by atoms with van der Waals surface area (Å²) in [5, 5.41) is 0.930. The van der Waals surface area contributed by atoms with E-state index in [1.54, 1.807) is 16.8 Å². The lowest BCUT2D eigenvalue weighted by Crippen LogP contribution is -2.08. The van der Waals surface area contributed by atoms with Gasteiger partial charge in [-0.25, -0.2) is 9.97 Å². The molecule has 0 N–H and O–H groups in total. The molecule has 2 aromatic heterocycles. The van der Waals surface area contributed by atoms with Gasteiger partial charge in [-0.3, -0.25) is 9.36 Å². The second-order valence-corrected chi connectivity index (χ2v) is 6.70. The molecular weight excluding hydrogens is 354 g/mol. The highest BCUT2D eigenvalue weighted by atomic mass is 16.5. The number of hydrogen-bond donors (Lipinski definition) is 0. The molecule has 142 valence electrons. The Kier molecular flexibility index (Phi) is 5.30. The van der Waals surface area contributed by atoms with Crippen LogP contribution >= 0.6 is 0 Å². The van der Waals surface area contributed by atoms with Gasteiger partial charge in [0.05, 0.1) is 24.4 Å². The molecular formula is C22H21N3O3. The van der Waals surface area contributed by atoms with E-state index < -0.39 is 0 Å². The zero-order valence-electron chi connectivity index (χ0n) is 15.6. The molecule has 1 unspecified atom stereocenters. The van der Waals surface area contributed by atoms with Crippen LogP contribution in [0.1, 0.15) is 23.8 Å². The van der Waals surface area contributed by atoms with Crippen LogP contribution < -0.4 is 4.74 Å². The Morgan fingerprint density at radius 2 is 2.14 bits per heavy atom. The van der Waals surface area contributed by atoms with Gasteiger partial charge in [0.15, 0.2) is 0 Å². The molecule has 28 heavy (non-hydrogen) atoms. The molecule has 0 bridgehead atoms. The van der Waals surface area contributed by atoms with E-state index in [0.29, 0.717) is 30.8 Å². The van der Waals surface area contributed by atoms with Gasteiger partial charge in [-0.1, -0.05) is 24.3 Å². The molecule has 0 radical (unpaired) electrons. The van der Waals surface area contributed by atoms with Crippen molar-refractivity contribution >= 4 is 16.8 Å². The van der Waals surface area contributed by atoms with Crippen molar-refractivity contribution in [3.05, 3.63) is 72.9 Å². The van der Waals surface area contributed by atoms with Crippen molar-refractivity contribution in [2.24, 2.45) is 5.92 Å². The Labute approximate surface area is 163 Å². The van der Waals surface area contributed by atoms with Gasteiger partial charge in [0.2, 0.25) is 11.8 Å². The highest BCUT2D eigenvalue weighted by Gasteiger charge is 2.09. The van der Waals surface area contributed by atoms with Gasteiger partial charge in [0.25, 0.3) is 0 Å². The average Bonchev–Trinajstić information content (AvgIpc) is 3.13. The molecule has 6 nitrogen and oxygen atoms in total. The molecule has 0 amide bonds. The maximum Gasteiger partial charge on any atom is 0.227 e. The predicted molar refractivity (Wildman–Crippen MR) is 106 cm³/mol. The first-order valence-corrected chi connectivity index (χ1v) is 9.21. The fraction of sp³-hybridized carbons (Fsp3) is 0.227. The molecule has 2 heterocycles. The van der Waals surface area contributed by atoms with Crippen molar-refractivity contribution in [2.45, 2.75) is 20.0 Å². The van der Waals surface area contributed by atoms with E-state index in [1.165, 1.54) is 13.3 Å². The van der Waals surface area contributed by atoms with Crippen molar-refractivity contribution in [3.8, 4) is 11.6 Å². The van der Waals surface area contributed by atoms with Crippen LogP contribution in [0.2, 0.25) is 0 Å². The van der Waals surface area contributed by atoms with Gasteiger partial charge < -0.3 is 9.47 Å². The number of allylic oxidation sites excluding steroid dienone is 3. The van der Waals surface area contributed by atoms with Crippen LogP contribution in [-0.4, -0.2) is 27.0 Å². The molecule has 0 saturated carbocycles. The maximum atomic E-state index is 11.6. The van der Waals surface area contributed by atoms with Crippen LogP contribution in [0.25, 0.3) is 10.9 Å². The number of carbonyl (C=O) groups is 1. The van der Waals surface area contributed by atoms with Crippen LogP contribution in [0.15, 0.2) is 67.2 Å². The van der Waals surface area contributed by atoms with E-state index >= 15 is 0 Å². The first-order chi connectivity index (χ1) is 13.7. The minimum atomic E-state index is -0.0242. The van der Waals surface area contributed by atoms with E-state index in [2.05, 4.69) is 34.3 Å². The number of hydrogen-bond acceptors (Lipinski definition) is 5. The van der Waals surface area contributed by atoms with Gasteiger partial charge in [0, 0.05) is 30.5 Å². The third-order valence-electron chi connectivity index (χ3n) is 4.57. The average molecular weight is 375 g/mol. The predicted octanol–water partition coefficient (Wildman–Crippen LogP) is 4.53. The summed E-state index contributed by atoms with van der Waals surface area (Å²) in [4.78, 5) is 20.0. The quantitative estimate of drug-likeness (QED) is 0.633. The molecule has 6 heteroatoms. The van der Waals surface area contributed by atoms with E-state index in [4.69, 9.17) is 9.47 Å². The molecule has 0 fully saturated rings. The van der Waals surface area contributed by atoms with E-state index in [9.17, 15) is 4.79 Å². The minimum absolute atomic E-state index is 0.0242. The van der Waals surface area contributed by atoms with E-state index in [-0.39, 0.29) is 5.91 Å². The van der Waals surface area contributed by atoms with Crippen LogP contribution in [0.3, 0.4) is 0 Å². The SMILES string of the molecule is CC(=O)n1ccc2cc(Oc3cc(COCC4C=CC=CC4)ncn3)ccc21. The second-order valence-electron chi connectivity index (χ2n) is 6.70. The molecule has 1 aliphatic carbocycles. The lowest BCUT2D eigenvalue weighted by molar-refractivity contribution is 0.0941. The second kappa shape index (κ2) is 8.19. The fourth-order valence-electron chi connectivity index (χ4n) is 3.16. The summed E-state index contributed by atoms with van der Waals surface area (Å²) in [5.74, 6) is 1.50. The topological polar surface area (TPSA) is 66.2 Å². The highest BCUT2D eigenvalue weighted by molar-refractivity contribution is 5.92. The maximum absolute atomic E-state index is 11.6. The Morgan fingerprint density at radius 3 is 2.96 bits per heavy atom. The van der Waals surface area contributed by atoms with Crippen molar-refractivity contribution in [3.63, 3.8) is 0 Å². The molecule has 0 aliphatic heterocycles. The summed E-state index contributed by atoms with van der Waals surface area (Å²) in [6.07, 6.45) is 12.6. The standard InChI is InChI=1S/C22H21N3O3/c1-16(26)25-10-9-18-11-20(7-8-21(18)25)28-22-12-19(23-15-24-22)14-27-13-17-5-3-2-4-6-17/h2-5,7-12,15,17H,6,13-14H2,1H3. The molecule has 0 spiro atoms. The summed E-state index contributed by atoms with van der Waals surface area (Å²) in [7, 11) is 0. The lowest BCUT2D eigenvalue weighted by Gasteiger charge is -2.13. The normalized spacial score (nSPS) is 15.8. The number of benzene rings is 1. The summed E-state index contributed by atoms with van der Waals surface area (Å²) in [6.45, 7) is 2.61. The number of fused-ring (bicyclic) bond motifs is 1. The Balaban J connectivity index is 1.40. The summed E-state index contributed by atoms with van der Waals surface area (Å²) < 4.78 is 13.3. The van der Waals surface area contributed by atoms with Crippen molar-refractivity contribution in [1.82, 2.24) is 14.5 Å². The Bertz CT molecular complexity index is 1050. The zero-order valence-corrected chi connectivity index (χ0v) is 15.6. The monoisotopic (exact) mass is 375 g/mol. The van der Waals surface area contributed by atoms with Crippen LogP contribution in [0.5, 0.6) is 11.6 Å². The van der Waals surface area contributed by atoms with Gasteiger partial charge >= 0.3 is 0 Å². The molecule has 3 aromatic rings. The minimum Gasteiger partial charge on any atom is -0.439 e. The molecule has 1 aliphatic rings. The molecule has 0 saturated heterocycles. The van der Waals surface area contributed by atoms with Gasteiger partial charge in [-0.05, 0) is 30.7 Å². The van der Waals surface area contributed by atoms with Crippen LogP contribution in [0, 0.1) is 5.92 Å². The third kappa shape index (κ3) is 4.18. The lowest BCUT2D eigenvalue weighted by atomic mass is 10.0. The number of aromatic nitrogens is 3. The number of ether oxygens (including phenoxy) is 2. The van der Waals surface area contributed by atoms with Gasteiger partial charge in [-0.2, -0.15) is 0 Å². The number of nitrogens with zero attached hydrogens (tertiary/aromatic N) is 3. The number of rotatable bonds is 6. The van der Waals surface area contributed by atoms with Crippen molar-refractivity contribution in [2.75, 3.05) is 6.61 Å². The summed E-state index contributed by atoms with van der Waals surface area (Å²) in [5.41, 5.74) is 1.62. The zero-order chi connectivity index (χ0) is 19.3. The first-order valence-electron chi connectivity index (χ1n) is 9.21. The third-order valence-corrected chi connectivity index (χ3v) is 4.57. The summed E-state index contributed by atoms with van der Waals surface area (Å²) in [6, 6.07) is 9.24. The van der Waals surface area contributed by atoms with E-state index in [0.717, 1.165) is 23.0 Å². The molecule has 1 atom stereocenters. The van der Waals surface area contributed by atoms with E-state index in [1.807, 2.05) is 24.3 Å². The largest absolute Gasteiger partial charge is 0.439 e. The van der Waals surface area contributed by atoms with Crippen LogP contribution in [-0.2, 0) is 11.3 Å². The Hall–Kier alpha value is -3.25. The van der Waals surface area contributed by atoms with Crippen molar-refractivity contribution in [1.29, 1.82) is 0 Å². The van der Waals surface area contributed by atoms with Crippen LogP contribution in [0.4, 0.5) is 0 Å². The summed E-state index contributed by atoms with van der Waals surface area (Å²) >= 11 is 0. The number of carbonyl (C=O) groups excluding carboxylic acids is 1. The van der Waals surface area contributed by atoms with Gasteiger partial charge in [0.1, 0.15) is 12.1 Å². The van der Waals surface area contributed by atoms with Gasteiger partial charge in [-0.15, -0.1) is 0 Å². The Morgan fingerprint density at radius 1 is 1.21 bits per heavy atom. The smallest absolute Gasteiger partial charge is 0.227 e. The highest BCUT2D eigenvalue weighted by Crippen LogP contribution is 2.25.